The summed E-state index contributed by atoms with van der Waals surface area (Å²) in [4.78, 5) is 0. The van der Waals surface area contributed by atoms with Gasteiger partial charge in [0, 0.05) is 7.05 Å². The number of rotatable bonds is 1. The van der Waals surface area contributed by atoms with Crippen molar-refractivity contribution in [3.8, 4) is 5.75 Å². The summed E-state index contributed by atoms with van der Waals surface area (Å²) in [7, 11) is 8.75. The number of nitrogens with zero attached hydrogens (tertiary/aromatic N) is 2. The number of hydrogen-bond donors (Lipinski definition) is 0. The molecular weight excluding hydrogens is 115 g/mol. The lowest BCUT2D eigenvalue weighted by Crippen LogP contribution is -2.07. The number of methoxy groups -OCH3 is 1. The molecule has 1 rings (SSSR count). The Morgan fingerprint density at radius 3 is 2.67 bits per heavy atom. The van der Waals surface area contributed by atoms with Gasteiger partial charge in [0.25, 0.3) is 0 Å². The van der Waals surface area contributed by atoms with Crippen molar-refractivity contribution in [2.45, 2.75) is 0 Å². The summed E-state index contributed by atoms with van der Waals surface area (Å²) >= 11 is 0. The van der Waals surface area contributed by atoms with Gasteiger partial charge in [0.2, 0.25) is 0 Å². The van der Waals surface area contributed by atoms with Gasteiger partial charge in [-0.2, -0.15) is 5.10 Å². The van der Waals surface area contributed by atoms with E-state index < -0.39 is 0 Å². The third-order valence-corrected chi connectivity index (χ3v) is 1.04. The second-order valence-corrected chi connectivity index (χ2v) is 1.76. The predicted molar refractivity (Wildman–Crippen MR) is 35.1 cm³/mol. The molecule has 0 saturated heterocycles. The van der Waals surface area contributed by atoms with E-state index in [1.165, 1.54) is 0 Å². The fourth-order valence-electron chi connectivity index (χ4n) is 0.641. The number of aryl methyl sites for hydroxylation is 1. The first-order valence-corrected chi connectivity index (χ1v) is 2.57. The van der Waals surface area contributed by atoms with Crippen LogP contribution in [0, 0.1) is 0 Å². The Balaban J connectivity index is 3.01. The fourth-order valence-corrected chi connectivity index (χ4v) is 0.641. The van der Waals surface area contributed by atoms with Crippen LogP contribution in [0.3, 0.4) is 0 Å². The van der Waals surface area contributed by atoms with Crippen molar-refractivity contribution in [2.24, 2.45) is 7.05 Å². The number of aromatic nitrogens is 2. The monoisotopic (exact) mass is 122 g/mol. The Labute approximate surface area is 55.0 Å². The summed E-state index contributed by atoms with van der Waals surface area (Å²) in [6.07, 6.45) is 1.72. The Hall–Kier alpha value is -0.925. The minimum atomic E-state index is 0.431. The molecule has 0 unspecified atom stereocenters. The Bertz CT molecular complexity index is 209. The second kappa shape index (κ2) is 2.13. The second-order valence-electron chi connectivity index (χ2n) is 1.76. The van der Waals surface area contributed by atoms with Crippen LogP contribution in [0.25, 0.3) is 0 Å². The predicted octanol–water partition coefficient (Wildman–Crippen LogP) is -0.778. The first-order chi connectivity index (χ1) is 4.24. The summed E-state index contributed by atoms with van der Waals surface area (Å²) in [5.41, 5.74) is 0.431. The summed E-state index contributed by atoms with van der Waals surface area (Å²) in [6, 6.07) is 0. The van der Waals surface area contributed by atoms with Crippen LogP contribution in [0.2, 0.25) is 0 Å². The SMILES string of the molecule is [B]c1nn(C)cc1OC. The molecule has 0 spiro atoms. The highest BCUT2D eigenvalue weighted by molar-refractivity contribution is 6.32. The van der Waals surface area contributed by atoms with Crippen molar-refractivity contribution in [3.05, 3.63) is 6.20 Å². The standard InChI is InChI=1S/C5H7BN2O/c1-8-3-4(9-2)5(6)7-8/h3H,1-2H3. The van der Waals surface area contributed by atoms with Crippen molar-refractivity contribution in [3.63, 3.8) is 0 Å². The van der Waals surface area contributed by atoms with E-state index in [1.807, 2.05) is 0 Å². The van der Waals surface area contributed by atoms with Gasteiger partial charge < -0.3 is 4.74 Å². The van der Waals surface area contributed by atoms with Gasteiger partial charge in [-0.1, -0.05) is 0 Å². The van der Waals surface area contributed by atoms with Crippen LogP contribution in [0.5, 0.6) is 5.75 Å². The molecule has 0 fully saturated rings. The largest absolute Gasteiger partial charge is 0.494 e. The molecule has 1 heterocycles. The minimum Gasteiger partial charge on any atom is -0.494 e. The number of ether oxygens (including phenoxy) is 1. The zero-order valence-corrected chi connectivity index (χ0v) is 5.46. The summed E-state index contributed by atoms with van der Waals surface area (Å²) in [5.74, 6) is 0.623. The molecule has 4 heteroatoms. The van der Waals surface area contributed by atoms with Gasteiger partial charge in [0.05, 0.1) is 18.9 Å². The highest BCUT2D eigenvalue weighted by Crippen LogP contribution is 2.00. The summed E-state index contributed by atoms with van der Waals surface area (Å²) in [5, 5.41) is 3.85. The topological polar surface area (TPSA) is 27.1 Å². The van der Waals surface area contributed by atoms with Crippen LogP contribution in [0.4, 0.5) is 0 Å². The molecule has 0 aromatic carbocycles. The molecule has 46 valence electrons. The third-order valence-electron chi connectivity index (χ3n) is 1.04. The van der Waals surface area contributed by atoms with E-state index in [0.29, 0.717) is 11.3 Å². The third kappa shape index (κ3) is 1.07. The first-order valence-electron chi connectivity index (χ1n) is 2.57. The van der Waals surface area contributed by atoms with E-state index in [2.05, 4.69) is 5.10 Å². The molecule has 1 aromatic rings. The maximum Gasteiger partial charge on any atom is 0.149 e. The zero-order chi connectivity index (χ0) is 6.85. The molecule has 0 aliphatic carbocycles. The summed E-state index contributed by atoms with van der Waals surface area (Å²) in [6.45, 7) is 0. The molecular formula is C5H7BN2O. The maximum atomic E-state index is 5.39. The van der Waals surface area contributed by atoms with Gasteiger partial charge >= 0.3 is 0 Å². The smallest absolute Gasteiger partial charge is 0.149 e. The molecule has 0 N–H and O–H groups in total. The van der Waals surface area contributed by atoms with Crippen molar-refractivity contribution in [1.29, 1.82) is 0 Å². The van der Waals surface area contributed by atoms with Crippen LogP contribution >= 0.6 is 0 Å². The lowest BCUT2D eigenvalue weighted by Gasteiger charge is -1.91. The van der Waals surface area contributed by atoms with E-state index in [4.69, 9.17) is 12.6 Å². The molecule has 0 aliphatic rings. The van der Waals surface area contributed by atoms with Crippen molar-refractivity contribution in [1.82, 2.24) is 9.78 Å². The van der Waals surface area contributed by atoms with Gasteiger partial charge in [0.15, 0.2) is 0 Å². The van der Waals surface area contributed by atoms with E-state index in [-0.39, 0.29) is 0 Å². The van der Waals surface area contributed by atoms with Crippen LogP contribution in [0.1, 0.15) is 0 Å². The fraction of sp³-hybridized carbons (Fsp3) is 0.400. The minimum absolute atomic E-state index is 0.431. The first kappa shape index (κ1) is 6.20. The van der Waals surface area contributed by atoms with E-state index in [1.54, 1.807) is 25.0 Å². The van der Waals surface area contributed by atoms with Gasteiger partial charge in [-0.3, -0.25) is 4.68 Å². The number of hydrogen-bond acceptors (Lipinski definition) is 2. The quantitative estimate of drug-likeness (QED) is 0.457. The molecule has 9 heavy (non-hydrogen) atoms. The normalized spacial score (nSPS) is 9.56. The van der Waals surface area contributed by atoms with Gasteiger partial charge in [0.1, 0.15) is 13.6 Å². The molecule has 2 radical (unpaired) electrons. The average Bonchev–Trinajstić information content (AvgIpc) is 2.10. The Morgan fingerprint density at radius 1 is 1.78 bits per heavy atom. The van der Waals surface area contributed by atoms with Gasteiger partial charge in [-0.15, -0.1) is 0 Å². The van der Waals surface area contributed by atoms with E-state index >= 15 is 0 Å². The van der Waals surface area contributed by atoms with Crippen molar-refractivity contribution < 1.29 is 4.74 Å². The summed E-state index contributed by atoms with van der Waals surface area (Å²) < 4.78 is 6.46. The lowest BCUT2D eigenvalue weighted by molar-refractivity contribution is 0.417. The van der Waals surface area contributed by atoms with E-state index in [0.717, 1.165) is 0 Å². The molecule has 0 aliphatic heterocycles. The van der Waals surface area contributed by atoms with E-state index in [9.17, 15) is 0 Å². The molecule has 0 amide bonds. The van der Waals surface area contributed by atoms with Gasteiger partial charge in [-0.05, 0) is 0 Å². The Kier molecular flexibility index (Phi) is 1.47. The van der Waals surface area contributed by atoms with Crippen molar-refractivity contribution in [2.75, 3.05) is 7.11 Å². The molecule has 0 bridgehead atoms. The molecule has 1 aromatic heterocycles. The van der Waals surface area contributed by atoms with Gasteiger partial charge in [-0.25, -0.2) is 0 Å². The maximum absolute atomic E-state index is 5.39. The molecule has 3 nitrogen and oxygen atoms in total. The zero-order valence-electron chi connectivity index (χ0n) is 5.46. The van der Waals surface area contributed by atoms with Crippen LogP contribution in [-0.2, 0) is 7.05 Å². The lowest BCUT2D eigenvalue weighted by atomic mass is 10.1. The molecule has 0 saturated carbocycles. The van der Waals surface area contributed by atoms with Crippen LogP contribution in [0.15, 0.2) is 6.20 Å². The highest BCUT2D eigenvalue weighted by atomic mass is 16.5. The Morgan fingerprint density at radius 2 is 2.44 bits per heavy atom. The highest BCUT2D eigenvalue weighted by Gasteiger charge is 1.98. The molecule has 0 atom stereocenters. The van der Waals surface area contributed by atoms with Crippen LogP contribution < -0.4 is 10.3 Å². The average molecular weight is 122 g/mol. The van der Waals surface area contributed by atoms with Crippen LogP contribution in [-0.4, -0.2) is 24.7 Å². The van der Waals surface area contributed by atoms with Crippen molar-refractivity contribution >= 4 is 13.4 Å².